The minimum atomic E-state index is -5.09. The van der Waals surface area contributed by atoms with E-state index in [0.29, 0.717) is 12.0 Å². The van der Waals surface area contributed by atoms with Crippen LogP contribution in [-0.4, -0.2) is 214 Å². The molecule has 13 atom stereocenters. The maximum atomic E-state index is 14.9. The number of aliphatic carboxylic acids is 4. The number of amides is 11. The van der Waals surface area contributed by atoms with Gasteiger partial charge in [0.2, 0.25) is 65.0 Å². The van der Waals surface area contributed by atoms with Crippen molar-refractivity contribution in [3.63, 3.8) is 0 Å². The highest BCUT2D eigenvalue weighted by Crippen LogP contribution is 2.37. The Morgan fingerprint density at radius 1 is 0.505 bits per heavy atom. The van der Waals surface area contributed by atoms with Gasteiger partial charge in [0.15, 0.2) is 0 Å². The van der Waals surface area contributed by atoms with Gasteiger partial charge >= 0.3 is 31.7 Å². The predicted octanol–water partition coefficient (Wildman–Crippen LogP) is -1.08. The van der Waals surface area contributed by atoms with Gasteiger partial charge in [0.1, 0.15) is 71.9 Å². The molecule has 19 N–H and O–H groups in total. The summed E-state index contributed by atoms with van der Waals surface area (Å²) in [5.74, 6) is -18.2. The summed E-state index contributed by atoms with van der Waals surface area (Å²) in [6.07, 6.45) is -4.40. The molecule has 0 saturated carbocycles. The lowest BCUT2D eigenvalue weighted by molar-refractivity contribution is -0.144. The predicted molar refractivity (Wildman–Crippen MR) is 363 cm³/mol. The number of hydrogen-bond donors (Lipinski definition) is 17. The number of nitrogens with two attached hydrogens (primary N) is 2. The molecular weight excluding hydrogens is 1380 g/mol. The van der Waals surface area contributed by atoms with Crippen LogP contribution in [0.3, 0.4) is 0 Å². The highest BCUT2D eigenvalue weighted by Gasteiger charge is 2.44. The number of phenols is 1. The molecule has 37 heteroatoms. The summed E-state index contributed by atoms with van der Waals surface area (Å²) in [7, 11) is -5.09. The Morgan fingerprint density at radius 2 is 0.893 bits per heavy atom. The minimum absolute atomic E-state index is 0.0163. The normalized spacial score (nSPS) is 17.5. The molecular formula is C66H97N12O24P. The number of carbonyl (C=O) groups is 15. The van der Waals surface area contributed by atoms with E-state index >= 15 is 0 Å². The first-order valence-corrected chi connectivity index (χ1v) is 35.4. The van der Waals surface area contributed by atoms with E-state index in [4.69, 9.17) is 16.6 Å². The van der Waals surface area contributed by atoms with Crippen molar-refractivity contribution in [1.29, 1.82) is 0 Å². The molecule has 0 aromatic heterocycles. The summed E-state index contributed by atoms with van der Waals surface area (Å²) in [5, 5.41) is 68.8. The summed E-state index contributed by atoms with van der Waals surface area (Å²) < 4.78 is 16.2. The van der Waals surface area contributed by atoms with Crippen molar-refractivity contribution in [1.82, 2.24) is 52.3 Å². The van der Waals surface area contributed by atoms with Crippen molar-refractivity contribution in [2.24, 2.45) is 29.2 Å². The summed E-state index contributed by atoms with van der Waals surface area (Å²) >= 11 is 0. The number of rotatable bonds is 43. The quantitative estimate of drug-likeness (QED) is 0.0351. The highest BCUT2D eigenvalue weighted by molar-refractivity contribution is 7.46. The first-order valence-electron chi connectivity index (χ1n) is 33.9. The van der Waals surface area contributed by atoms with Crippen molar-refractivity contribution in [3.05, 3.63) is 59.7 Å². The van der Waals surface area contributed by atoms with E-state index in [1.54, 1.807) is 41.5 Å². The maximum Gasteiger partial charge on any atom is 0.524 e. The molecule has 4 rings (SSSR count). The SMILES string of the molecule is CCC(C)C(NC(=O)C1CCCN1C(=O)C(NC(=O)C(CCC(=O)O)NC(=O)C(CCC(=O)O)NC(=O)C(Cc1ccc(OP(=O)(O)O)cc1)NC(=O)C(CCC(N)=O)NC(=O)C1CCCN1C(=O)C(N)CCC(=O)O)C(C)CC)C(=O)NC(Cc1ccc(O)cc1)C(=O)NC(CC(C)C)C(=O)O. The lowest BCUT2D eigenvalue weighted by atomic mass is 9.95. The van der Waals surface area contributed by atoms with Gasteiger partial charge in [-0.2, -0.15) is 0 Å². The number of phenolic OH excluding ortho intramolecular Hbond substituents is 1. The number of benzene rings is 2. The first kappa shape index (κ1) is 85.6. The van der Waals surface area contributed by atoms with Crippen LogP contribution in [0.5, 0.6) is 11.5 Å². The Kier molecular flexibility index (Phi) is 33.9. The van der Waals surface area contributed by atoms with E-state index in [0.717, 1.165) is 17.0 Å². The Labute approximate surface area is 593 Å². The standard InChI is InChI=1S/C66H97N12O24P/c1-7-35(5)54(63(94)73-46(32-37-13-17-39(79)18-14-37)60(91)74-47(66(97)98)31-34(3)4)75-62(93)49-12-10-30-78(49)65(96)55(36(6)8-2)76-58(89)44(24-28-53(85)86)69-56(87)43(23-27-52(83)84)70-59(90)45(33-38-15-19-40(20-16-38)102-103(99,100)101)72-57(88)42(22-25-50(68)80)71-61(92)48-11-9-29-77(48)64(95)41(67)21-26-51(81)82/h13-20,34-36,41-49,54-55,79H,7-12,21-33,67H2,1-6H3,(H2,68,80)(H,69,87)(H,70,90)(H,71,92)(H,72,88)(H,73,94)(H,74,91)(H,75,93)(H,76,89)(H,81,82)(H,83,84)(H,85,86)(H,97,98)(H2,99,100,101). The molecule has 570 valence electrons. The molecule has 2 aliphatic heterocycles. The molecule has 2 aromatic carbocycles. The van der Waals surface area contributed by atoms with Gasteiger partial charge in [-0.25, -0.2) is 9.36 Å². The number of nitrogens with one attached hydrogen (secondary N) is 8. The van der Waals surface area contributed by atoms with Gasteiger partial charge in [0.25, 0.3) is 0 Å². The van der Waals surface area contributed by atoms with Crippen LogP contribution in [-0.2, 0) is 89.3 Å². The average Bonchev–Trinajstić information content (AvgIpc) is 1.76. The molecule has 36 nitrogen and oxygen atoms in total. The third kappa shape index (κ3) is 28.2. The van der Waals surface area contributed by atoms with Crippen molar-refractivity contribution in [3.8, 4) is 11.5 Å². The van der Waals surface area contributed by atoms with Gasteiger partial charge in [-0.1, -0.05) is 78.6 Å². The third-order valence-electron chi connectivity index (χ3n) is 17.7. The molecule has 0 spiro atoms. The lowest BCUT2D eigenvalue weighted by Crippen LogP contribution is -2.62. The van der Waals surface area contributed by atoms with E-state index in [1.165, 1.54) is 41.3 Å². The molecule has 2 aliphatic rings. The van der Waals surface area contributed by atoms with Crippen LogP contribution in [0.1, 0.15) is 149 Å². The van der Waals surface area contributed by atoms with Crippen LogP contribution in [0.25, 0.3) is 0 Å². The highest BCUT2D eigenvalue weighted by atomic mass is 31.2. The van der Waals surface area contributed by atoms with Gasteiger partial charge in [-0.05, 0) is 111 Å². The summed E-state index contributed by atoms with van der Waals surface area (Å²) in [6, 6.07) is -6.46. The molecule has 11 amide bonds. The summed E-state index contributed by atoms with van der Waals surface area (Å²) in [4.78, 5) is 224. The average molecular weight is 1470 g/mol. The first-order chi connectivity index (χ1) is 48.3. The van der Waals surface area contributed by atoms with Crippen molar-refractivity contribution >= 4 is 96.7 Å². The van der Waals surface area contributed by atoms with Crippen LogP contribution in [0.4, 0.5) is 0 Å². The fourth-order valence-electron chi connectivity index (χ4n) is 11.6. The molecule has 0 bridgehead atoms. The van der Waals surface area contributed by atoms with Gasteiger partial charge in [0, 0.05) is 51.6 Å². The van der Waals surface area contributed by atoms with Gasteiger partial charge < -0.3 is 93.9 Å². The van der Waals surface area contributed by atoms with Gasteiger partial charge in [0.05, 0.1) is 6.04 Å². The third-order valence-corrected chi connectivity index (χ3v) is 18.1. The topological polar surface area (TPSA) is 579 Å². The molecule has 0 aliphatic carbocycles. The number of carbonyl (C=O) groups excluding carboxylic acids is 11. The van der Waals surface area contributed by atoms with Crippen LogP contribution in [0.2, 0.25) is 0 Å². The molecule has 103 heavy (non-hydrogen) atoms. The number of likely N-dealkylation sites (tertiary alicyclic amines) is 2. The van der Waals surface area contributed by atoms with E-state index in [-0.39, 0.29) is 87.4 Å². The summed E-state index contributed by atoms with van der Waals surface area (Å²) in [5.41, 5.74) is 12.0. The van der Waals surface area contributed by atoms with Gasteiger partial charge in [-0.3, -0.25) is 76.9 Å². The largest absolute Gasteiger partial charge is 0.524 e. The number of carboxylic acids is 4. The Bertz CT molecular complexity index is 3410. The minimum Gasteiger partial charge on any atom is -0.508 e. The molecule has 2 heterocycles. The number of nitrogens with zero attached hydrogens (tertiary/aromatic N) is 2. The molecule has 2 fully saturated rings. The van der Waals surface area contributed by atoms with E-state index in [9.17, 15) is 107 Å². The number of aromatic hydroxyl groups is 1. The molecule has 0 radical (unpaired) electrons. The van der Waals surface area contributed by atoms with Crippen LogP contribution >= 0.6 is 7.82 Å². The number of phosphoric ester groups is 1. The van der Waals surface area contributed by atoms with Crippen molar-refractivity contribution < 1.29 is 116 Å². The zero-order chi connectivity index (χ0) is 77.2. The van der Waals surface area contributed by atoms with Crippen molar-refractivity contribution in [2.45, 2.75) is 217 Å². The second kappa shape index (κ2) is 40.7. The van der Waals surface area contributed by atoms with E-state index < -0.39 is 226 Å². The fraction of sp³-hybridized carbons (Fsp3) is 0.591. The summed E-state index contributed by atoms with van der Waals surface area (Å²) in [6.45, 7) is 10.1. The molecule has 13 unspecified atom stereocenters. The van der Waals surface area contributed by atoms with E-state index in [2.05, 4.69) is 47.1 Å². The zero-order valence-corrected chi connectivity index (χ0v) is 59.1. The smallest absolute Gasteiger partial charge is 0.508 e. The monoisotopic (exact) mass is 1470 g/mol. The van der Waals surface area contributed by atoms with Crippen molar-refractivity contribution in [2.75, 3.05) is 13.1 Å². The number of primary amides is 1. The molecule has 2 aromatic rings. The second-order valence-corrected chi connectivity index (χ2v) is 27.3. The van der Waals surface area contributed by atoms with Gasteiger partial charge in [-0.15, -0.1) is 0 Å². The maximum absolute atomic E-state index is 14.9. The van der Waals surface area contributed by atoms with E-state index in [1.807, 2.05) is 0 Å². The Balaban J connectivity index is 1.65. The van der Waals surface area contributed by atoms with Crippen LogP contribution < -0.4 is 58.5 Å². The fourth-order valence-corrected chi connectivity index (χ4v) is 12.0. The Morgan fingerprint density at radius 3 is 1.34 bits per heavy atom. The van der Waals surface area contributed by atoms with Crippen LogP contribution in [0.15, 0.2) is 48.5 Å². The second-order valence-electron chi connectivity index (χ2n) is 26.2. The molecule has 2 saturated heterocycles. The lowest BCUT2D eigenvalue weighted by Gasteiger charge is -2.33. The number of phosphoric acid groups is 1. The Hall–Kier alpha value is -9.80. The number of carboxylic acid groups (broad SMARTS) is 4. The number of hydrogen-bond acceptors (Lipinski definition) is 19. The van der Waals surface area contributed by atoms with Crippen LogP contribution in [0, 0.1) is 17.8 Å². The zero-order valence-electron chi connectivity index (χ0n) is 58.2.